The van der Waals surface area contributed by atoms with Gasteiger partial charge in [-0.3, -0.25) is 14.6 Å². The summed E-state index contributed by atoms with van der Waals surface area (Å²) in [6, 6.07) is 0. The molecule has 0 radical (unpaired) electrons. The number of carbonyl (C=O) groups excluding carboxylic acids is 1. The average Bonchev–Trinajstić information content (AvgIpc) is 3.03. The topological polar surface area (TPSA) is 70.4 Å². The van der Waals surface area contributed by atoms with Crippen molar-refractivity contribution in [2.45, 2.75) is 46.7 Å². The molecule has 0 N–H and O–H groups in total. The van der Waals surface area contributed by atoms with Crippen molar-refractivity contribution in [3.8, 4) is 0 Å². The van der Waals surface area contributed by atoms with Crippen LogP contribution in [-0.2, 0) is 17.9 Å². The molecule has 1 fully saturated rings. The molecule has 0 unspecified atom stereocenters. The Balaban J connectivity index is 1.77. The van der Waals surface area contributed by atoms with Gasteiger partial charge in [-0.05, 0) is 30.7 Å². The lowest BCUT2D eigenvalue weighted by molar-refractivity contribution is -0.132. The van der Waals surface area contributed by atoms with Gasteiger partial charge in [-0.25, -0.2) is 4.68 Å². The molecule has 0 saturated carbocycles. The first kappa shape index (κ1) is 18.8. The molecule has 0 spiro atoms. The van der Waals surface area contributed by atoms with Crippen LogP contribution in [0.1, 0.15) is 39.4 Å². The van der Waals surface area contributed by atoms with Gasteiger partial charge >= 0.3 is 0 Å². The van der Waals surface area contributed by atoms with Crippen molar-refractivity contribution in [3.63, 3.8) is 0 Å². The summed E-state index contributed by atoms with van der Waals surface area (Å²) in [5.41, 5.74) is 0. The van der Waals surface area contributed by atoms with Crippen LogP contribution in [0.25, 0.3) is 0 Å². The lowest BCUT2D eigenvalue weighted by atomic mass is 10.3. The summed E-state index contributed by atoms with van der Waals surface area (Å²) in [4.78, 5) is 18.7. The minimum absolute atomic E-state index is 0.233. The quantitative estimate of drug-likeness (QED) is 0.652. The van der Waals surface area contributed by atoms with Crippen LogP contribution in [0.15, 0.2) is 0 Å². The van der Waals surface area contributed by atoms with Crippen LogP contribution >= 0.6 is 0 Å². The van der Waals surface area contributed by atoms with E-state index in [1.54, 1.807) is 0 Å². The Morgan fingerprint density at radius 2 is 1.75 bits per heavy atom. The molecule has 1 saturated heterocycles. The smallest absolute Gasteiger partial charge is 0.236 e. The summed E-state index contributed by atoms with van der Waals surface area (Å²) in [6.45, 7) is 13.7. The predicted octanol–water partition coefficient (Wildman–Crippen LogP) is 0.459. The fourth-order valence-corrected chi connectivity index (χ4v) is 2.99. The first-order valence-corrected chi connectivity index (χ1v) is 9.15. The number of hydrogen-bond acceptors (Lipinski definition) is 6. The van der Waals surface area contributed by atoms with E-state index in [4.69, 9.17) is 0 Å². The van der Waals surface area contributed by atoms with Gasteiger partial charge in [0.2, 0.25) is 5.91 Å². The molecule has 0 aromatic carbocycles. The summed E-state index contributed by atoms with van der Waals surface area (Å²) < 4.78 is 1.92. The fourth-order valence-electron chi connectivity index (χ4n) is 2.99. The molecule has 2 rings (SSSR count). The van der Waals surface area contributed by atoms with Gasteiger partial charge in [-0.15, -0.1) is 5.10 Å². The Bertz CT molecular complexity index is 492. The number of rotatable bonds is 9. The predicted molar refractivity (Wildman–Crippen MR) is 92.4 cm³/mol. The van der Waals surface area contributed by atoms with E-state index in [1.165, 1.54) is 0 Å². The van der Waals surface area contributed by atoms with Crippen LogP contribution in [0, 0.1) is 0 Å². The van der Waals surface area contributed by atoms with Gasteiger partial charge in [-0.2, -0.15) is 0 Å². The van der Waals surface area contributed by atoms with Crippen molar-refractivity contribution >= 4 is 5.91 Å². The molecular weight excluding hydrogens is 306 g/mol. The molecule has 1 amide bonds. The van der Waals surface area contributed by atoms with E-state index in [0.717, 1.165) is 71.0 Å². The van der Waals surface area contributed by atoms with Crippen molar-refractivity contribution in [1.29, 1.82) is 0 Å². The highest BCUT2D eigenvalue weighted by atomic mass is 16.2. The van der Waals surface area contributed by atoms with Gasteiger partial charge < -0.3 is 4.90 Å². The van der Waals surface area contributed by atoms with Gasteiger partial charge in [-0.1, -0.05) is 13.3 Å². The number of aromatic nitrogens is 4. The van der Waals surface area contributed by atoms with Crippen LogP contribution in [0.2, 0.25) is 0 Å². The second-order valence-corrected chi connectivity index (χ2v) is 6.29. The number of piperazine rings is 1. The van der Waals surface area contributed by atoms with E-state index in [0.29, 0.717) is 6.54 Å². The zero-order chi connectivity index (χ0) is 17.4. The molecule has 0 atom stereocenters. The van der Waals surface area contributed by atoms with Gasteiger partial charge in [0.15, 0.2) is 5.82 Å². The summed E-state index contributed by atoms with van der Waals surface area (Å²) in [5.74, 6) is 1.17. The number of likely N-dealkylation sites (N-methyl/N-ethyl adjacent to an activating group) is 1. The monoisotopic (exact) mass is 337 g/mol. The van der Waals surface area contributed by atoms with Crippen molar-refractivity contribution in [2.75, 3.05) is 45.8 Å². The van der Waals surface area contributed by atoms with Crippen LogP contribution in [-0.4, -0.2) is 86.6 Å². The number of tetrazole rings is 1. The van der Waals surface area contributed by atoms with Gasteiger partial charge in [0.1, 0.15) is 0 Å². The first-order valence-electron chi connectivity index (χ1n) is 9.15. The van der Waals surface area contributed by atoms with Crippen molar-refractivity contribution in [1.82, 2.24) is 34.9 Å². The molecule has 1 aromatic rings. The summed E-state index contributed by atoms with van der Waals surface area (Å²) in [7, 11) is 0. The molecule has 0 aliphatic carbocycles. The molecule has 8 heteroatoms. The molecule has 1 aliphatic rings. The highest BCUT2D eigenvalue weighted by Crippen LogP contribution is 2.07. The third kappa shape index (κ3) is 5.24. The average molecular weight is 337 g/mol. The standard InChI is InChI=1S/C16H31N7O/c1-4-7-8-23-15(17-18-19-23)13-20-9-11-21(12-10-20)14-16(24)22(5-2)6-3/h4-14H2,1-3H3. The van der Waals surface area contributed by atoms with Gasteiger partial charge in [0.25, 0.3) is 0 Å². The normalized spacial score (nSPS) is 16.5. The Labute approximate surface area is 144 Å². The lowest BCUT2D eigenvalue weighted by Crippen LogP contribution is -2.49. The summed E-state index contributed by atoms with van der Waals surface area (Å²) >= 11 is 0. The maximum atomic E-state index is 12.2. The highest BCUT2D eigenvalue weighted by molar-refractivity contribution is 5.78. The highest BCUT2D eigenvalue weighted by Gasteiger charge is 2.22. The molecule has 0 bridgehead atoms. The van der Waals surface area contributed by atoms with E-state index >= 15 is 0 Å². The zero-order valence-corrected chi connectivity index (χ0v) is 15.3. The fraction of sp³-hybridized carbons (Fsp3) is 0.875. The number of carbonyl (C=O) groups is 1. The van der Waals surface area contributed by atoms with E-state index in [2.05, 4.69) is 32.2 Å². The van der Waals surface area contributed by atoms with Crippen LogP contribution < -0.4 is 0 Å². The number of nitrogens with zero attached hydrogens (tertiary/aromatic N) is 7. The van der Waals surface area contributed by atoms with E-state index in [9.17, 15) is 4.79 Å². The molecule has 8 nitrogen and oxygen atoms in total. The SMILES string of the molecule is CCCCn1nnnc1CN1CCN(CC(=O)N(CC)CC)CC1. The second-order valence-electron chi connectivity index (χ2n) is 6.29. The Morgan fingerprint density at radius 3 is 2.38 bits per heavy atom. The molecule has 136 valence electrons. The number of hydrogen-bond donors (Lipinski definition) is 0. The number of aryl methyl sites for hydroxylation is 1. The van der Waals surface area contributed by atoms with Crippen LogP contribution in [0.5, 0.6) is 0 Å². The maximum absolute atomic E-state index is 12.2. The summed E-state index contributed by atoms with van der Waals surface area (Å²) in [6.07, 6.45) is 2.23. The second kappa shape index (κ2) is 9.68. The Kier molecular flexibility index (Phi) is 7.58. The third-order valence-electron chi connectivity index (χ3n) is 4.63. The third-order valence-corrected chi connectivity index (χ3v) is 4.63. The van der Waals surface area contributed by atoms with Crippen LogP contribution in [0.4, 0.5) is 0 Å². The van der Waals surface area contributed by atoms with Gasteiger partial charge in [0.05, 0.1) is 13.1 Å². The van der Waals surface area contributed by atoms with Crippen molar-refractivity contribution < 1.29 is 4.79 Å². The van der Waals surface area contributed by atoms with Crippen molar-refractivity contribution in [3.05, 3.63) is 5.82 Å². The lowest BCUT2D eigenvalue weighted by Gasteiger charge is -2.34. The van der Waals surface area contributed by atoms with Crippen LogP contribution in [0.3, 0.4) is 0 Å². The molecular formula is C16H31N7O. The van der Waals surface area contributed by atoms with Crippen molar-refractivity contribution in [2.24, 2.45) is 0 Å². The first-order chi connectivity index (χ1) is 11.7. The maximum Gasteiger partial charge on any atom is 0.236 e. The zero-order valence-electron chi connectivity index (χ0n) is 15.3. The Hall–Kier alpha value is -1.54. The summed E-state index contributed by atoms with van der Waals surface area (Å²) in [5, 5.41) is 12.1. The number of unbranched alkanes of at least 4 members (excludes halogenated alkanes) is 1. The largest absolute Gasteiger partial charge is 0.342 e. The van der Waals surface area contributed by atoms with E-state index < -0.39 is 0 Å². The molecule has 24 heavy (non-hydrogen) atoms. The Morgan fingerprint density at radius 1 is 1.08 bits per heavy atom. The molecule has 2 heterocycles. The van der Waals surface area contributed by atoms with E-state index in [1.807, 2.05) is 23.4 Å². The number of amides is 1. The minimum atomic E-state index is 0.233. The molecule has 1 aromatic heterocycles. The minimum Gasteiger partial charge on any atom is -0.342 e. The van der Waals surface area contributed by atoms with E-state index in [-0.39, 0.29) is 5.91 Å². The van der Waals surface area contributed by atoms with Gasteiger partial charge in [0, 0.05) is 45.8 Å². The molecule has 1 aliphatic heterocycles.